The fourth-order valence-corrected chi connectivity index (χ4v) is 6.53. The zero-order chi connectivity index (χ0) is 32.4. The Hall–Kier alpha value is -3.39. The first-order chi connectivity index (χ1) is 20.1. The Morgan fingerprint density at radius 2 is 1.72 bits per heavy atom. The molecule has 1 saturated heterocycles. The quantitative estimate of drug-likeness (QED) is 0.155. The number of esters is 1. The summed E-state index contributed by atoms with van der Waals surface area (Å²) in [7, 11) is 0. The van der Waals surface area contributed by atoms with Crippen LogP contribution in [-0.4, -0.2) is 53.0 Å². The van der Waals surface area contributed by atoms with Crippen molar-refractivity contribution in [3.63, 3.8) is 0 Å². The van der Waals surface area contributed by atoms with Gasteiger partial charge < -0.3 is 24.4 Å². The summed E-state index contributed by atoms with van der Waals surface area (Å²) in [5, 5.41) is 16.2. The minimum absolute atomic E-state index is 0.0352. The maximum absolute atomic E-state index is 12.8. The fraction of sp³-hybridized carbons (Fsp3) is 0.571. The molecule has 0 radical (unpaired) electrons. The summed E-state index contributed by atoms with van der Waals surface area (Å²) >= 11 is 0. The fourth-order valence-electron chi connectivity index (χ4n) is 6.53. The Labute approximate surface area is 256 Å². The molecule has 0 aromatic heterocycles. The number of fused-ring (bicyclic) bond motifs is 2. The van der Waals surface area contributed by atoms with Gasteiger partial charge in [0.05, 0.1) is 12.7 Å². The molecule has 0 spiro atoms. The van der Waals surface area contributed by atoms with Gasteiger partial charge in [-0.05, 0) is 75.3 Å². The predicted octanol–water partition coefficient (Wildman–Crippen LogP) is 7.25. The van der Waals surface area contributed by atoms with Gasteiger partial charge in [0.1, 0.15) is 11.4 Å². The average molecular weight is 599 g/mol. The normalized spacial score (nSPS) is 26.9. The summed E-state index contributed by atoms with van der Waals surface area (Å²) in [4.78, 5) is 32.4. The van der Waals surface area contributed by atoms with E-state index in [1.165, 1.54) is 6.42 Å². The average Bonchev–Trinajstić information content (AvgIpc) is 3.62. The Kier molecular flexibility index (Phi) is 12.8. The van der Waals surface area contributed by atoms with Crippen molar-refractivity contribution in [1.82, 2.24) is 0 Å². The maximum Gasteiger partial charge on any atom is 0.334 e. The molecular weight excluding hydrogens is 548 g/mol. The Bertz CT molecular complexity index is 1150. The molecule has 0 amide bonds. The highest BCUT2D eigenvalue weighted by molar-refractivity contribution is 5.88. The number of carbonyl (C=O) groups excluding carboxylic acids is 1. The first-order valence-electron chi connectivity index (χ1n) is 15.1. The molecule has 238 valence electrons. The van der Waals surface area contributed by atoms with Crippen molar-refractivity contribution in [1.29, 1.82) is 0 Å². The molecule has 3 fully saturated rings. The third-order valence-corrected chi connectivity index (χ3v) is 10.0. The van der Waals surface area contributed by atoms with E-state index in [1.54, 1.807) is 0 Å². The van der Waals surface area contributed by atoms with Crippen molar-refractivity contribution in [3.05, 3.63) is 67.3 Å². The van der Waals surface area contributed by atoms with Crippen LogP contribution >= 0.6 is 0 Å². The van der Waals surface area contributed by atoms with Crippen LogP contribution in [0.4, 0.5) is 0 Å². The monoisotopic (exact) mass is 598 g/mol. The lowest BCUT2D eigenvalue weighted by atomic mass is 9.65. The van der Waals surface area contributed by atoms with Gasteiger partial charge in [-0.15, -0.1) is 0 Å². The highest BCUT2D eigenvalue weighted by Gasteiger charge is 2.68. The van der Waals surface area contributed by atoms with Crippen molar-refractivity contribution >= 4 is 17.9 Å². The van der Waals surface area contributed by atoms with Gasteiger partial charge in [-0.1, -0.05) is 65.6 Å². The number of rotatable bonds is 11. The molecule has 1 aromatic carbocycles. The lowest BCUT2D eigenvalue weighted by Crippen LogP contribution is -2.48. The number of carboxylic acids is 2. The second-order valence-corrected chi connectivity index (χ2v) is 12.7. The predicted molar refractivity (Wildman–Crippen MR) is 167 cm³/mol. The molecule has 1 aliphatic heterocycles. The van der Waals surface area contributed by atoms with E-state index in [1.807, 2.05) is 37.3 Å². The first kappa shape index (κ1) is 35.8. The van der Waals surface area contributed by atoms with E-state index in [2.05, 4.69) is 47.4 Å². The topological polar surface area (TPSA) is 119 Å². The Morgan fingerprint density at radius 1 is 1.09 bits per heavy atom. The van der Waals surface area contributed by atoms with Crippen molar-refractivity contribution < 1.29 is 38.8 Å². The van der Waals surface area contributed by atoms with Gasteiger partial charge in [0.25, 0.3) is 0 Å². The minimum Gasteiger partial charge on any atom is -0.494 e. The second-order valence-electron chi connectivity index (χ2n) is 12.7. The maximum atomic E-state index is 12.8. The molecule has 1 aromatic rings. The molecule has 1 heterocycles. The number of hydrogen-bond donors (Lipinski definition) is 2. The van der Waals surface area contributed by atoms with Gasteiger partial charge >= 0.3 is 17.9 Å². The summed E-state index contributed by atoms with van der Waals surface area (Å²) in [6.07, 6.45) is 7.54. The van der Waals surface area contributed by atoms with Crippen LogP contribution in [-0.2, 0) is 23.9 Å². The van der Waals surface area contributed by atoms with Gasteiger partial charge in [-0.25, -0.2) is 14.4 Å². The summed E-state index contributed by atoms with van der Waals surface area (Å²) < 4.78 is 17.2. The number of carboxylic acid groups (broad SMARTS) is 2. The first-order valence-corrected chi connectivity index (χ1v) is 15.1. The lowest BCUT2D eigenvalue weighted by molar-refractivity contribution is -0.171. The lowest BCUT2D eigenvalue weighted by Gasteiger charge is -2.46. The number of benzene rings is 1. The Balaban J connectivity index is 0.000000277. The molecular formula is C35H50O8. The van der Waals surface area contributed by atoms with Gasteiger partial charge in [0.2, 0.25) is 0 Å². The highest BCUT2D eigenvalue weighted by atomic mass is 16.6. The molecule has 5 atom stereocenters. The molecule has 2 saturated carbocycles. The highest BCUT2D eigenvalue weighted by Crippen LogP contribution is 2.70. The van der Waals surface area contributed by atoms with Gasteiger partial charge in [-0.3, -0.25) is 0 Å². The molecule has 2 N–H and O–H groups in total. The van der Waals surface area contributed by atoms with Crippen molar-refractivity contribution in [2.75, 3.05) is 13.2 Å². The van der Waals surface area contributed by atoms with Crippen LogP contribution in [0.1, 0.15) is 79.6 Å². The smallest absolute Gasteiger partial charge is 0.334 e. The SMILES string of the molecule is C=C(C(=O)OC1(C)C[C@H]2CC[C@@]1(C)C2(C)C)C(C)C1CCCO1.C=C(CCCOc1ccccc1)C(=O)O.C=CC(=O)O. The van der Waals surface area contributed by atoms with E-state index in [0.717, 1.165) is 44.1 Å². The van der Waals surface area contributed by atoms with Gasteiger partial charge in [-0.2, -0.15) is 0 Å². The summed E-state index contributed by atoms with van der Waals surface area (Å²) in [6.45, 7) is 22.9. The largest absolute Gasteiger partial charge is 0.494 e. The molecule has 8 heteroatoms. The van der Waals surface area contributed by atoms with Gasteiger partial charge in [0, 0.05) is 35.2 Å². The van der Waals surface area contributed by atoms with Crippen LogP contribution in [0, 0.1) is 22.7 Å². The van der Waals surface area contributed by atoms with Crippen LogP contribution in [0.2, 0.25) is 0 Å². The third-order valence-electron chi connectivity index (χ3n) is 10.0. The summed E-state index contributed by atoms with van der Waals surface area (Å²) in [5.74, 6) is -0.652. The van der Waals surface area contributed by atoms with E-state index in [9.17, 15) is 14.4 Å². The van der Waals surface area contributed by atoms with Crippen LogP contribution in [0.5, 0.6) is 5.75 Å². The third kappa shape index (κ3) is 8.82. The van der Waals surface area contributed by atoms with Crippen LogP contribution < -0.4 is 4.74 Å². The molecule has 2 bridgehead atoms. The second kappa shape index (κ2) is 15.4. The Morgan fingerprint density at radius 3 is 2.19 bits per heavy atom. The van der Waals surface area contributed by atoms with Gasteiger partial charge in [0.15, 0.2) is 0 Å². The van der Waals surface area contributed by atoms with E-state index >= 15 is 0 Å². The number of hydrogen-bond acceptors (Lipinski definition) is 6. The number of aliphatic carboxylic acids is 2. The molecule has 3 unspecified atom stereocenters. The van der Waals surface area contributed by atoms with Crippen LogP contribution in [0.3, 0.4) is 0 Å². The van der Waals surface area contributed by atoms with Crippen molar-refractivity contribution in [3.8, 4) is 5.75 Å². The van der Waals surface area contributed by atoms with Crippen LogP contribution in [0.15, 0.2) is 67.3 Å². The zero-order valence-electron chi connectivity index (χ0n) is 26.5. The zero-order valence-corrected chi connectivity index (χ0v) is 26.5. The minimum atomic E-state index is -0.981. The number of para-hydroxylation sites is 1. The van der Waals surface area contributed by atoms with Crippen molar-refractivity contribution in [2.45, 2.75) is 91.3 Å². The van der Waals surface area contributed by atoms with E-state index in [-0.39, 0.29) is 40.0 Å². The summed E-state index contributed by atoms with van der Waals surface area (Å²) in [6, 6.07) is 9.44. The summed E-state index contributed by atoms with van der Waals surface area (Å²) in [5.41, 5.74) is 0.696. The van der Waals surface area contributed by atoms with E-state index in [4.69, 9.17) is 24.4 Å². The molecule has 3 aliphatic rings. The van der Waals surface area contributed by atoms with E-state index < -0.39 is 11.9 Å². The molecule has 2 aliphatic carbocycles. The van der Waals surface area contributed by atoms with Crippen LogP contribution in [0.25, 0.3) is 0 Å². The van der Waals surface area contributed by atoms with E-state index in [0.29, 0.717) is 30.9 Å². The number of carbonyl (C=O) groups is 3. The number of ether oxygens (including phenoxy) is 3. The molecule has 8 nitrogen and oxygen atoms in total. The molecule has 4 rings (SSSR count). The molecule has 43 heavy (non-hydrogen) atoms. The standard InChI is InChI=1S/C20H32O3.C12H14O3.C3H4O2/c1-13(16-8-7-11-22-16)14(2)17(21)23-20(6)12-15-9-10-19(20,5)18(15,3)4;1-10(12(13)14)6-5-9-15-11-7-3-2-4-8-11;1-2-3(4)5/h13,15-16H,2,7-12H2,1,3-6H3;2-4,7-8H,1,5-6,9H2,(H,13,14);2H,1H2,(H,4,5)/t13?,15-,16?,19+,20?;;/m1../s1. The van der Waals surface area contributed by atoms with Crippen molar-refractivity contribution in [2.24, 2.45) is 22.7 Å².